The number of hydrogen-bond donors (Lipinski definition) is 0. The first-order valence-corrected chi connectivity index (χ1v) is 11.8. The minimum absolute atomic E-state index is 0. The van der Waals surface area contributed by atoms with Crippen LogP contribution in [-0.2, 0) is 10.0 Å². The average molecular weight is 488 g/mol. The molecule has 31 heavy (non-hydrogen) atoms. The van der Waals surface area contributed by atoms with Gasteiger partial charge >= 0.3 is 0 Å². The maximum Gasteiger partial charge on any atom is 0.254 e. The molecule has 2 saturated heterocycles. The Morgan fingerprint density at radius 2 is 1.52 bits per heavy atom. The molecule has 0 radical (unpaired) electrons. The lowest BCUT2D eigenvalue weighted by atomic mass is 10.1. The molecule has 1 amide bonds. The van der Waals surface area contributed by atoms with Gasteiger partial charge in [0.05, 0.1) is 5.02 Å². The summed E-state index contributed by atoms with van der Waals surface area (Å²) in [5, 5.41) is 0.125. The minimum Gasteiger partial charge on any atom is -0.368 e. The van der Waals surface area contributed by atoms with E-state index in [1.807, 2.05) is 0 Å². The van der Waals surface area contributed by atoms with E-state index in [4.69, 9.17) is 11.6 Å². The number of hydrogen-bond acceptors (Lipinski definition) is 4. The van der Waals surface area contributed by atoms with Gasteiger partial charge < -0.3 is 9.80 Å². The quantitative estimate of drug-likeness (QED) is 0.660. The Morgan fingerprint density at radius 1 is 0.903 bits per heavy atom. The summed E-state index contributed by atoms with van der Waals surface area (Å²) < 4.78 is 40.4. The lowest BCUT2D eigenvalue weighted by Gasteiger charge is -2.36. The highest BCUT2D eigenvalue weighted by atomic mass is 35.5. The molecule has 2 aliphatic rings. The van der Waals surface area contributed by atoms with Crippen molar-refractivity contribution in [3.63, 3.8) is 0 Å². The number of amides is 1. The van der Waals surface area contributed by atoms with E-state index in [1.165, 1.54) is 28.6 Å². The molecule has 4 rings (SSSR count). The van der Waals surface area contributed by atoms with Gasteiger partial charge in [0.2, 0.25) is 10.0 Å². The number of rotatable bonds is 4. The van der Waals surface area contributed by atoms with Crippen LogP contribution in [0.25, 0.3) is 0 Å². The number of nitrogens with zero attached hydrogens (tertiary/aromatic N) is 3. The molecule has 2 aromatic rings. The number of piperazine rings is 1. The molecule has 6 nitrogen and oxygen atoms in total. The molecule has 10 heteroatoms. The van der Waals surface area contributed by atoms with Crippen molar-refractivity contribution in [1.82, 2.24) is 9.21 Å². The normalized spacial score (nSPS) is 17.5. The molecule has 0 unspecified atom stereocenters. The van der Waals surface area contributed by atoms with Gasteiger partial charge in [0.15, 0.2) is 0 Å². The molecule has 0 saturated carbocycles. The van der Waals surface area contributed by atoms with Crippen LogP contribution in [0.3, 0.4) is 0 Å². The summed E-state index contributed by atoms with van der Waals surface area (Å²) >= 11 is 6.18. The molecule has 2 aliphatic heterocycles. The van der Waals surface area contributed by atoms with Gasteiger partial charge in [-0.2, -0.15) is 4.31 Å². The van der Waals surface area contributed by atoms with Crippen LogP contribution in [0.15, 0.2) is 47.4 Å². The van der Waals surface area contributed by atoms with Crippen molar-refractivity contribution in [3.05, 3.63) is 58.9 Å². The summed E-state index contributed by atoms with van der Waals surface area (Å²) in [6, 6.07) is 10.7. The van der Waals surface area contributed by atoms with E-state index in [0.29, 0.717) is 44.8 Å². The van der Waals surface area contributed by atoms with E-state index < -0.39 is 10.0 Å². The van der Waals surface area contributed by atoms with Crippen molar-refractivity contribution in [2.24, 2.45) is 0 Å². The highest BCUT2D eigenvalue weighted by Gasteiger charge is 2.30. The molecular formula is C21H24Cl2FN3O3S. The number of carbonyl (C=O) groups is 1. The molecule has 168 valence electrons. The van der Waals surface area contributed by atoms with Gasteiger partial charge in [0, 0.05) is 50.5 Å². The largest absolute Gasteiger partial charge is 0.368 e. The van der Waals surface area contributed by atoms with Gasteiger partial charge in [-0.05, 0) is 55.3 Å². The fourth-order valence-corrected chi connectivity index (χ4v) is 5.92. The molecule has 0 aliphatic carbocycles. The summed E-state index contributed by atoms with van der Waals surface area (Å²) in [6.45, 7) is 3.16. The van der Waals surface area contributed by atoms with Gasteiger partial charge in [-0.1, -0.05) is 11.6 Å². The maximum absolute atomic E-state index is 13.1. The van der Waals surface area contributed by atoms with E-state index in [9.17, 15) is 17.6 Å². The van der Waals surface area contributed by atoms with Crippen molar-refractivity contribution in [3.8, 4) is 0 Å². The summed E-state index contributed by atoms with van der Waals surface area (Å²) in [6.07, 6.45) is 1.65. The first-order valence-electron chi connectivity index (χ1n) is 9.96. The Hall–Kier alpha value is -1.87. The van der Waals surface area contributed by atoms with Gasteiger partial charge in [-0.25, -0.2) is 12.8 Å². The van der Waals surface area contributed by atoms with Crippen LogP contribution < -0.4 is 4.90 Å². The molecule has 0 aromatic heterocycles. The Balaban J connectivity index is 0.00000272. The third kappa shape index (κ3) is 4.98. The first kappa shape index (κ1) is 23.8. The van der Waals surface area contributed by atoms with E-state index in [2.05, 4.69) is 4.90 Å². The SMILES string of the molecule is Cl.O=C(c1ccc(Cl)c(S(=O)(=O)N2CCCC2)c1)N1CCN(c2ccc(F)cc2)CC1. The van der Waals surface area contributed by atoms with Crippen LogP contribution in [-0.4, -0.2) is 62.8 Å². The molecule has 0 atom stereocenters. The Labute approximate surface area is 193 Å². The molecule has 0 spiro atoms. The van der Waals surface area contributed by atoms with Crippen LogP contribution in [0.5, 0.6) is 0 Å². The van der Waals surface area contributed by atoms with Crippen LogP contribution in [0, 0.1) is 5.82 Å². The number of anilines is 1. The fraction of sp³-hybridized carbons (Fsp3) is 0.381. The maximum atomic E-state index is 13.1. The second-order valence-electron chi connectivity index (χ2n) is 7.51. The summed E-state index contributed by atoms with van der Waals surface area (Å²) in [5.41, 5.74) is 1.22. The van der Waals surface area contributed by atoms with E-state index in [1.54, 1.807) is 23.1 Å². The lowest BCUT2D eigenvalue weighted by molar-refractivity contribution is 0.0746. The third-order valence-electron chi connectivity index (χ3n) is 5.62. The summed E-state index contributed by atoms with van der Waals surface area (Å²) in [4.78, 5) is 16.8. The first-order chi connectivity index (χ1) is 14.4. The predicted octanol–water partition coefficient (Wildman–Crippen LogP) is 3.65. The fourth-order valence-electron chi connectivity index (χ4n) is 3.90. The smallest absolute Gasteiger partial charge is 0.254 e. The van der Waals surface area contributed by atoms with Crippen LogP contribution in [0.4, 0.5) is 10.1 Å². The average Bonchev–Trinajstić information content (AvgIpc) is 3.30. The highest BCUT2D eigenvalue weighted by Crippen LogP contribution is 2.29. The monoisotopic (exact) mass is 487 g/mol. The summed E-state index contributed by atoms with van der Waals surface area (Å²) in [7, 11) is -3.71. The van der Waals surface area contributed by atoms with E-state index >= 15 is 0 Å². The third-order valence-corrected chi connectivity index (χ3v) is 8.00. The standard InChI is InChI=1S/C21H23ClFN3O3S.ClH/c22-19-8-3-16(15-20(19)30(28,29)26-9-1-2-10-26)21(27)25-13-11-24(12-14-25)18-6-4-17(23)5-7-18;/h3-8,15H,1-2,9-14H2;1H. The van der Waals surface area contributed by atoms with Crippen molar-refractivity contribution in [2.75, 3.05) is 44.2 Å². The molecule has 2 aromatic carbocycles. The molecule has 0 bridgehead atoms. The Bertz CT molecular complexity index is 1040. The van der Waals surface area contributed by atoms with Crippen molar-refractivity contribution in [2.45, 2.75) is 17.7 Å². The number of benzene rings is 2. The highest BCUT2D eigenvalue weighted by molar-refractivity contribution is 7.89. The molecule has 0 N–H and O–H groups in total. The molecule has 2 fully saturated rings. The molecule has 2 heterocycles. The van der Waals surface area contributed by atoms with E-state index in [0.717, 1.165) is 18.5 Å². The lowest BCUT2D eigenvalue weighted by Crippen LogP contribution is -2.48. The molecular weight excluding hydrogens is 464 g/mol. The van der Waals surface area contributed by atoms with Crippen LogP contribution in [0.1, 0.15) is 23.2 Å². The Kier molecular flexibility index (Phi) is 7.47. The second kappa shape index (κ2) is 9.73. The Morgan fingerprint density at radius 3 is 2.13 bits per heavy atom. The van der Waals surface area contributed by atoms with Crippen LogP contribution in [0.2, 0.25) is 5.02 Å². The van der Waals surface area contributed by atoms with Crippen molar-refractivity contribution < 1.29 is 17.6 Å². The number of halogens is 3. The predicted molar refractivity (Wildman–Crippen MR) is 121 cm³/mol. The second-order valence-corrected chi connectivity index (χ2v) is 9.83. The zero-order valence-corrected chi connectivity index (χ0v) is 19.2. The van der Waals surface area contributed by atoms with Gasteiger partial charge in [-0.15, -0.1) is 12.4 Å². The number of carbonyl (C=O) groups excluding carboxylic acids is 1. The zero-order chi connectivity index (χ0) is 21.3. The number of sulfonamides is 1. The van der Waals surface area contributed by atoms with Gasteiger partial charge in [0.25, 0.3) is 5.91 Å². The summed E-state index contributed by atoms with van der Waals surface area (Å²) in [5.74, 6) is -0.502. The topological polar surface area (TPSA) is 60.9 Å². The zero-order valence-electron chi connectivity index (χ0n) is 16.8. The van der Waals surface area contributed by atoms with Gasteiger partial charge in [-0.3, -0.25) is 4.79 Å². The van der Waals surface area contributed by atoms with Crippen molar-refractivity contribution >= 4 is 45.6 Å². The van der Waals surface area contributed by atoms with E-state index in [-0.39, 0.29) is 34.0 Å². The minimum atomic E-state index is -3.71. The van der Waals surface area contributed by atoms with Crippen LogP contribution >= 0.6 is 24.0 Å². The van der Waals surface area contributed by atoms with Gasteiger partial charge in [0.1, 0.15) is 10.7 Å². The van der Waals surface area contributed by atoms with Crippen molar-refractivity contribution in [1.29, 1.82) is 0 Å².